The van der Waals surface area contributed by atoms with Gasteiger partial charge in [0.15, 0.2) is 17.6 Å². The number of hydrogen-bond donors (Lipinski definition) is 1. The number of furan rings is 1. The second-order valence-corrected chi connectivity index (χ2v) is 12.2. The van der Waals surface area contributed by atoms with Crippen LogP contribution >= 0.6 is 0 Å². The number of para-hydroxylation sites is 1. The number of benzene rings is 3. The molecule has 1 saturated heterocycles. The number of fused-ring (bicyclic) bond motifs is 4. The van der Waals surface area contributed by atoms with Crippen molar-refractivity contribution in [2.75, 3.05) is 13.1 Å². The van der Waals surface area contributed by atoms with Gasteiger partial charge < -0.3 is 19.0 Å². The van der Waals surface area contributed by atoms with Crippen LogP contribution in [0.1, 0.15) is 53.4 Å². The molecule has 1 N–H and O–H groups in total. The summed E-state index contributed by atoms with van der Waals surface area (Å²) in [5.41, 5.74) is 3.62. The van der Waals surface area contributed by atoms with E-state index >= 15 is 0 Å². The fraction of sp³-hybridized carbons (Fsp3) is 0.394. The molecule has 4 atom stereocenters. The van der Waals surface area contributed by atoms with E-state index in [9.17, 15) is 9.50 Å². The van der Waals surface area contributed by atoms with Crippen LogP contribution in [-0.2, 0) is 29.6 Å². The largest absolute Gasteiger partial charge is 0.504 e. The summed E-state index contributed by atoms with van der Waals surface area (Å²) >= 11 is 0. The summed E-state index contributed by atoms with van der Waals surface area (Å²) < 4.78 is 35.5. The van der Waals surface area contributed by atoms with Gasteiger partial charge in [0.1, 0.15) is 22.8 Å². The average molecular weight is 524 g/mol. The van der Waals surface area contributed by atoms with Gasteiger partial charge in [-0.05, 0) is 61.9 Å². The summed E-state index contributed by atoms with van der Waals surface area (Å²) in [5.74, 6) is 2.07. The second kappa shape index (κ2) is 7.64. The Balaban J connectivity index is 1.31. The van der Waals surface area contributed by atoms with Gasteiger partial charge >= 0.3 is 0 Å². The standard InChI is InChI=1S/C33H30FNO4/c34-24-7-3-1-5-21(24)18-37-33-16-23-22-6-2-4-8-26(22)38-29(23)31-32(33)13-14-35(17-19-9-10-19)27(33)15-20-11-12-25(36)30(39-31)28(20)32/h1-8,11-12,19,27,31,36H,9-10,13-18H2/t27-,31-,32-,33+/m0/s1. The first-order valence-electron chi connectivity index (χ1n) is 14.2. The molecule has 39 heavy (non-hydrogen) atoms. The molecule has 5 nitrogen and oxygen atoms in total. The Labute approximate surface area is 226 Å². The number of halogens is 1. The topological polar surface area (TPSA) is 55.1 Å². The third kappa shape index (κ3) is 2.81. The van der Waals surface area contributed by atoms with Crippen LogP contribution in [0, 0.1) is 11.7 Å². The molecule has 3 heterocycles. The summed E-state index contributed by atoms with van der Waals surface area (Å²) in [4.78, 5) is 2.66. The zero-order valence-corrected chi connectivity index (χ0v) is 21.7. The van der Waals surface area contributed by atoms with Gasteiger partial charge in [-0.25, -0.2) is 4.39 Å². The molecule has 1 spiro atoms. The van der Waals surface area contributed by atoms with Gasteiger partial charge in [-0.1, -0.05) is 42.5 Å². The maximum absolute atomic E-state index is 14.9. The first kappa shape index (κ1) is 22.5. The van der Waals surface area contributed by atoms with E-state index in [2.05, 4.69) is 17.0 Å². The summed E-state index contributed by atoms with van der Waals surface area (Å²) in [6.45, 7) is 2.19. The lowest BCUT2D eigenvalue weighted by atomic mass is 9.49. The molecule has 9 rings (SSSR count). The number of ether oxygens (including phenoxy) is 2. The first-order valence-corrected chi connectivity index (χ1v) is 14.2. The molecule has 0 radical (unpaired) electrons. The fourth-order valence-corrected chi connectivity index (χ4v) is 8.49. The van der Waals surface area contributed by atoms with Crippen molar-refractivity contribution in [3.8, 4) is 11.5 Å². The number of likely N-dealkylation sites (tertiary alicyclic amines) is 1. The highest BCUT2D eigenvalue weighted by Crippen LogP contribution is 2.70. The van der Waals surface area contributed by atoms with Crippen molar-refractivity contribution < 1.29 is 23.4 Å². The molecular weight excluding hydrogens is 493 g/mol. The van der Waals surface area contributed by atoms with Gasteiger partial charge in [0.2, 0.25) is 0 Å². The Morgan fingerprint density at radius 3 is 2.77 bits per heavy atom. The minimum atomic E-state index is -0.668. The molecule has 0 unspecified atom stereocenters. The lowest BCUT2D eigenvalue weighted by molar-refractivity contribution is -0.213. The van der Waals surface area contributed by atoms with Crippen molar-refractivity contribution in [3.05, 3.63) is 94.5 Å². The summed E-state index contributed by atoms with van der Waals surface area (Å²) in [7, 11) is 0. The normalized spacial score (nSPS) is 30.2. The smallest absolute Gasteiger partial charge is 0.169 e. The van der Waals surface area contributed by atoms with Crippen molar-refractivity contribution in [1.29, 1.82) is 0 Å². The van der Waals surface area contributed by atoms with Crippen LogP contribution < -0.4 is 4.74 Å². The number of phenolic OH excluding ortho intramolecular Hbond substituents is 1. The van der Waals surface area contributed by atoms with E-state index in [1.807, 2.05) is 30.3 Å². The molecule has 1 saturated carbocycles. The SMILES string of the molecule is Oc1ccc2c3c1O[C@H]1c4oc5ccccc5c4C[C@@]4(OCc5ccccc5F)[C@H](C2)N(CC2CC2)CC[C@]314. The third-order valence-electron chi connectivity index (χ3n) is 10.3. The number of aromatic hydroxyl groups is 1. The highest BCUT2D eigenvalue weighted by atomic mass is 19.1. The van der Waals surface area contributed by atoms with Crippen molar-refractivity contribution >= 4 is 11.0 Å². The molecule has 5 aliphatic rings. The Hall–Kier alpha value is -3.35. The van der Waals surface area contributed by atoms with Gasteiger partial charge in [-0.2, -0.15) is 0 Å². The van der Waals surface area contributed by atoms with Crippen LogP contribution in [0.25, 0.3) is 11.0 Å². The Morgan fingerprint density at radius 1 is 1.05 bits per heavy atom. The molecule has 2 aliphatic heterocycles. The zero-order valence-electron chi connectivity index (χ0n) is 21.7. The second-order valence-electron chi connectivity index (χ2n) is 12.2. The van der Waals surface area contributed by atoms with Crippen LogP contribution in [0.3, 0.4) is 0 Å². The maximum Gasteiger partial charge on any atom is 0.169 e. The molecule has 6 heteroatoms. The van der Waals surface area contributed by atoms with Crippen molar-refractivity contribution in [2.45, 2.75) is 61.9 Å². The fourth-order valence-electron chi connectivity index (χ4n) is 8.49. The Morgan fingerprint density at radius 2 is 1.90 bits per heavy atom. The predicted octanol–water partition coefficient (Wildman–Crippen LogP) is 6.20. The number of nitrogens with zero attached hydrogens (tertiary/aromatic N) is 1. The van der Waals surface area contributed by atoms with E-state index in [1.54, 1.807) is 12.1 Å². The van der Waals surface area contributed by atoms with E-state index in [0.29, 0.717) is 17.7 Å². The number of rotatable bonds is 5. The average Bonchev–Trinajstić information content (AvgIpc) is 3.59. The highest BCUT2D eigenvalue weighted by molar-refractivity contribution is 5.84. The van der Waals surface area contributed by atoms with Crippen LogP contribution in [0.4, 0.5) is 4.39 Å². The van der Waals surface area contributed by atoms with E-state index in [1.165, 1.54) is 24.5 Å². The Bertz CT molecular complexity index is 1660. The monoisotopic (exact) mass is 523 g/mol. The van der Waals surface area contributed by atoms with Crippen LogP contribution in [0.5, 0.6) is 11.5 Å². The van der Waals surface area contributed by atoms with Gasteiger partial charge in [-0.3, -0.25) is 4.90 Å². The van der Waals surface area contributed by atoms with E-state index in [4.69, 9.17) is 13.9 Å². The quantitative estimate of drug-likeness (QED) is 0.338. The van der Waals surface area contributed by atoms with E-state index < -0.39 is 17.1 Å². The number of phenols is 1. The molecule has 4 aromatic rings. The summed E-state index contributed by atoms with van der Waals surface area (Å²) in [6, 6.07) is 19.0. The van der Waals surface area contributed by atoms with Crippen molar-refractivity contribution in [1.82, 2.24) is 4.90 Å². The maximum atomic E-state index is 14.9. The molecule has 3 aromatic carbocycles. The molecule has 198 valence electrons. The summed E-state index contributed by atoms with van der Waals surface area (Å²) in [6.07, 6.45) is 4.46. The van der Waals surface area contributed by atoms with Crippen LogP contribution in [0.15, 0.2) is 65.1 Å². The zero-order chi connectivity index (χ0) is 25.9. The first-order chi connectivity index (χ1) is 19.1. The number of hydrogen-bond acceptors (Lipinski definition) is 5. The lowest BCUT2D eigenvalue weighted by Crippen LogP contribution is -2.75. The number of piperidine rings is 1. The minimum absolute atomic E-state index is 0.106. The van der Waals surface area contributed by atoms with Gasteiger partial charge in [0.05, 0.1) is 12.0 Å². The van der Waals surface area contributed by atoms with Gasteiger partial charge in [-0.15, -0.1) is 0 Å². The minimum Gasteiger partial charge on any atom is -0.504 e. The molecular formula is C33H30FNO4. The lowest BCUT2D eigenvalue weighted by Gasteiger charge is -2.64. The molecule has 1 aromatic heterocycles. The van der Waals surface area contributed by atoms with Gasteiger partial charge in [0.25, 0.3) is 0 Å². The van der Waals surface area contributed by atoms with E-state index in [-0.39, 0.29) is 24.2 Å². The molecule has 0 amide bonds. The highest BCUT2D eigenvalue weighted by Gasteiger charge is 2.74. The third-order valence-corrected chi connectivity index (χ3v) is 10.3. The van der Waals surface area contributed by atoms with Crippen LogP contribution in [-0.4, -0.2) is 34.7 Å². The predicted molar refractivity (Wildman–Crippen MR) is 143 cm³/mol. The van der Waals surface area contributed by atoms with E-state index in [0.717, 1.165) is 59.7 Å². The van der Waals surface area contributed by atoms with Crippen molar-refractivity contribution in [2.24, 2.45) is 5.92 Å². The summed E-state index contributed by atoms with van der Waals surface area (Å²) in [5, 5.41) is 12.1. The molecule has 2 bridgehead atoms. The van der Waals surface area contributed by atoms with Crippen molar-refractivity contribution in [3.63, 3.8) is 0 Å². The van der Waals surface area contributed by atoms with Crippen LogP contribution in [0.2, 0.25) is 0 Å². The Kier molecular flexibility index (Phi) is 4.40. The van der Waals surface area contributed by atoms with Gasteiger partial charge in [0, 0.05) is 41.1 Å². The molecule has 2 fully saturated rings. The molecule has 3 aliphatic carbocycles.